The molecule has 1 aliphatic rings. The van der Waals surface area contributed by atoms with E-state index >= 15 is 0 Å². The SMILES string of the molecule is CC1C(=O)N(C)CCN1C(=O)c1cc(F)cc(NC(=O)CCc2ccnn2C)c1. The van der Waals surface area contributed by atoms with Crippen molar-refractivity contribution in [3.63, 3.8) is 0 Å². The van der Waals surface area contributed by atoms with Gasteiger partial charge in [0.05, 0.1) is 0 Å². The molecule has 2 aromatic rings. The molecule has 9 heteroatoms. The first-order valence-corrected chi connectivity index (χ1v) is 9.39. The molecular weight excluding hydrogens is 377 g/mol. The summed E-state index contributed by atoms with van der Waals surface area (Å²) in [6.07, 6.45) is 2.34. The Bertz CT molecular complexity index is 942. The quantitative estimate of drug-likeness (QED) is 0.821. The lowest BCUT2D eigenvalue weighted by Crippen LogP contribution is -2.56. The molecule has 1 N–H and O–H groups in total. The van der Waals surface area contributed by atoms with Crippen LogP contribution in [0.5, 0.6) is 0 Å². The highest BCUT2D eigenvalue weighted by Crippen LogP contribution is 2.19. The summed E-state index contributed by atoms with van der Waals surface area (Å²) in [6, 6.07) is 4.91. The van der Waals surface area contributed by atoms with E-state index < -0.39 is 17.8 Å². The average Bonchev–Trinajstić information content (AvgIpc) is 3.08. The normalized spacial score (nSPS) is 16.8. The van der Waals surface area contributed by atoms with Crippen molar-refractivity contribution in [2.75, 3.05) is 25.5 Å². The van der Waals surface area contributed by atoms with Gasteiger partial charge in [0.2, 0.25) is 11.8 Å². The third-order valence-corrected chi connectivity index (χ3v) is 5.10. The molecular formula is C20H24FN5O3. The van der Waals surface area contributed by atoms with Crippen LogP contribution in [0.4, 0.5) is 10.1 Å². The van der Waals surface area contributed by atoms with Gasteiger partial charge in [-0.15, -0.1) is 0 Å². The number of rotatable bonds is 5. The molecule has 3 amide bonds. The first kappa shape index (κ1) is 20.5. The summed E-state index contributed by atoms with van der Waals surface area (Å²) >= 11 is 0. The van der Waals surface area contributed by atoms with Crippen LogP contribution < -0.4 is 5.32 Å². The Morgan fingerprint density at radius 3 is 2.69 bits per heavy atom. The molecule has 1 aromatic carbocycles. The molecule has 0 saturated carbocycles. The van der Waals surface area contributed by atoms with Gasteiger partial charge in [-0.25, -0.2) is 4.39 Å². The van der Waals surface area contributed by atoms with E-state index in [1.807, 2.05) is 6.07 Å². The number of hydrogen-bond acceptors (Lipinski definition) is 4. The molecule has 8 nitrogen and oxygen atoms in total. The van der Waals surface area contributed by atoms with Gasteiger partial charge in [0, 0.05) is 56.7 Å². The fourth-order valence-corrected chi connectivity index (χ4v) is 3.35. The van der Waals surface area contributed by atoms with Crippen molar-refractivity contribution in [2.24, 2.45) is 7.05 Å². The van der Waals surface area contributed by atoms with Crippen LogP contribution in [-0.2, 0) is 23.1 Å². The predicted molar refractivity (Wildman–Crippen MR) is 105 cm³/mol. The molecule has 0 spiro atoms. The summed E-state index contributed by atoms with van der Waals surface area (Å²) < 4.78 is 15.8. The lowest BCUT2D eigenvalue weighted by Gasteiger charge is -2.37. The number of benzene rings is 1. The first-order valence-electron chi connectivity index (χ1n) is 9.39. The highest BCUT2D eigenvalue weighted by molar-refractivity contribution is 6.00. The zero-order valence-electron chi connectivity index (χ0n) is 16.7. The standard InChI is InChI=1S/C20H24FN5O3/c1-13-19(28)24(2)8-9-26(13)20(29)14-10-15(21)12-16(11-14)23-18(27)5-4-17-6-7-22-25(17)3/h6-7,10-13H,4-5,8-9H2,1-3H3,(H,23,27). The minimum atomic E-state index is -0.633. The summed E-state index contributed by atoms with van der Waals surface area (Å²) in [5, 5.41) is 6.68. The number of likely N-dealkylation sites (N-methyl/N-ethyl adjacent to an activating group) is 1. The zero-order chi connectivity index (χ0) is 21.1. The maximum atomic E-state index is 14.1. The Morgan fingerprint density at radius 1 is 1.24 bits per heavy atom. The molecule has 0 radical (unpaired) electrons. The predicted octanol–water partition coefficient (Wildman–Crippen LogP) is 1.43. The molecule has 1 unspecified atom stereocenters. The molecule has 2 heterocycles. The molecule has 1 aliphatic heterocycles. The molecule has 3 rings (SSSR count). The van der Waals surface area contributed by atoms with E-state index in [4.69, 9.17) is 0 Å². The van der Waals surface area contributed by atoms with Gasteiger partial charge in [0.1, 0.15) is 11.9 Å². The van der Waals surface area contributed by atoms with Crippen LogP contribution in [0.3, 0.4) is 0 Å². The number of carbonyl (C=O) groups is 3. The van der Waals surface area contributed by atoms with Gasteiger partial charge >= 0.3 is 0 Å². The van der Waals surface area contributed by atoms with Crippen LogP contribution >= 0.6 is 0 Å². The molecule has 154 valence electrons. The highest BCUT2D eigenvalue weighted by atomic mass is 19.1. The Hall–Kier alpha value is -3.23. The molecule has 29 heavy (non-hydrogen) atoms. The summed E-state index contributed by atoms with van der Waals surface area (Å²) in [7, 11) is 3.48. The van der Waals surface area contributed by atoms with E-state index in [1.165, 1.54) is 11.0 Å². The number of carbonyl (C=O) groups excluding carboxylic acids is 3. The fourth-order valence-electron chi connectivity index (χ4n) is 3.35. The molecule has 1 fully saturated rings. The Labute approximate surface area is 168 Å². The third-order valence-electron chi connectivity index (χ3n) is 5.10. The number of nitrogens with one attached hydrogen (secondary N) is 1. The van der Waals surface area contributed by atoms with Crippen molar-refractivity contribution in [3.8, 4) is 0 Å². The van der Waals surface area contributed by atoms with Crippen molar-refractivity contribution in [2.45, 2.75) is 25.8 Å². The summed E-state index contributed by atoms with van der Waals surface area (Å²) in [6.45, 7) is 2.43. The number of piperazine rings is 1. The number of aromatic nitrogens is 2. The molecule has 0 bridgehead atoms. The molecule has 1 atom stereocenters. The second-order valence-corrected chi connectivity index (χ2v) is 7.16. The van der Waals surface area contributed by atoms with Crippen molar-refractivity contribution < 1.29 is 18.8 Å². The van der Waals surface area contributed by atoms with Crippen molar-refractivity contribution >= 4 is 23.4 Å². The van der Waals surface area contributed by atoms with Gasteiger partial charge < -0.3 is 15.1 Å². The van der Waals surface area contributed by atoms with Gasteiger partial charge in [0.25, 0.3) is 5.91 Å². The minimum Gasteiger partial charge on any atom is -0.342 e. The topological polar surface area (TPSA) is 87.5 Å². The zero-order valence-corrected chi connectivity index (χ0v) is 16.7. The van der Waals surface area contributed by atoms with Crippen molar-refractivity contribution in [1.29, 1.82) is 0 Å². The number of halogens is 1. The number of aryl methyl sites for hydroxylation is 2. The highest BCUT2D eigenvalue weighted by Gasteiger charge is 2.33. The van der Waals surface area contributed by atoms with E-state index in [0.29, 0.717) is 19.5 Å². The van der Waals surface area contributed by atoms with E-state index in [-0.39, 0.29) is 29.5 Å². The second-order valence-electron chi connectivity index (χ2n) is 7.16. The summed E-state index contributed by atoms with van der Waals surface area (Å²) in [4.78, 5) is 40.2. The van der Waals surface area contributed by atoms with Crippen LogP contribution in [0.2, 0.25) is 0 Å². The number of hydrogen-bond donors (Lipinski definition) is 1. The molecule has 1 saturated heterocycles. The number of amides is 3. The fraction of sp³-hybridized carbons (Fsp3) is 0.400. The third kappa shape index (κ3) is 4.61. The maximum absolute atomic E-state index is 14.1. The summed E-state index contributed by atoms with van der Waals surface area (Å²) in [5.41, 5.74) is 1.21. The Kier molecular flexibility index (Phi) is 5.95. The lowest BCUT2D eigenvalue weighted by molar-refractivity contribution is -0.137. The molecule has 0 aliphatic carbocycles. The maximum Gasteiger partial charge on any atom is 0.254 e. The van der Waals surface area contributed by atoms with E-state index in [1.54, 1.807) is 36.8 Å². The first-order chi connectivity index (χ1) is 13.8. The van der Waals surface area contributed by atoms with E-state index in [9.17, 15) is 18.8 Å². The smallest absolute Gasteiger partial charge is 0.254 e. The van der Waals surface area contributed by atoms with Crippen LogP contribution in [0.1, 0.15) is 29.4 Å². The number of nitrogens with zero attached hydrogens (tertiary/aromatic N) is 4. The number of anilines is 1. The van der Waals surface area contributed by atoms with Crippen LogP contribution in [0, 0.1) is 5.82 Å². The monoisotopic (exact) mass is 401 g/mol. The average molecular weight is 401 g/mol. The van der Waals surface area contributed by atoms with Gasteiger partial charge in [-0.3, -0.25) is 19.1 Å². The van der Waals surface area contributed by atoms with Crippen LogP contribution in [0.25, 0.3) is 0 Å². The van der Waals surface area contributed by atoms with Crippen molar-refractivity contribution in [1.82, 2.24) is 19.6 Å². The Morgan fingerprint density at radius 2 is 2.00 bits per heavy atom. The lowest BCUT2D eigenvalue weighted by atomic mass is 10.1. The second kappa shape index (κ2) is 8.42. The Balaban J connectivity index is 1.69. The van der Waals surface area contributed by atoms with Gasteiger partial charge in [0.15, 0.2) is 0 Å². The van der Waals surface area contributed by atoms with E-state index in [0.717, 1.165) is 17.8 Å². The molecule has 1 aromatic heterocycles. The largest absolute Gasteiger partial charge is 0.342 e. The van der Waals surface area contributed by atoms with Crippen LogP contribution in [0.15, 0.2) is 30.5 Å². The summed E-state index contributed by atoms with van der Waals surface area (Å²) in [5.74, 6) is -1.53. The minimum absolute atomic E-state index is 0.0936. The van der Waals surface area contributed by atoms with Gasteiger partial charge in [-0.05, 0) is 37.6 Å². The van der Waals surface area contributed by atoms with E-state index in [2.05, 4.69) is 10.4 Å². The van der Waals surface area contributed by atoms with Gasteiger partial charge in [-0.2, -0.15) is 5.10 Å². The van der Waals surface area contributed by atoms with Crippen molar-refractivity contribution in [3.05, 3.63) is 47.5 Å². The van der Waals surface area contributed by atoms with Gasteiger partial charge in [-0.1, -0.05) is 0 Å². The van der Waals surface area contributed by atoms with Crippen LogP contribution in [-0.4, -0.2) is 63.5 Å².